The van der Waals surface area contributed by atoms with Crippen molar-refractivity contribution in [1.82, 2.24) is 9.97 Å². The van der Waals surface area contributed by atoms with Gasteiger partial charge in [0.2, 0.25) is 5.91 Å². The van der Waals surface area contributed by atoms with Crippen LogP contribution in [0.25, 0.3) is 0 Å². The molecule has 3 aromatic rings. The number of hydrogen-bond acceptors (Lipinski definition) is 5. The maximum atomic E-state index is 12.7. The third-order valence-corrected chi connectivity index (χ3v) is 4.38. The van der Waals surface area contributed by atoms with Crippen LogP contribution in [0.15, 0.2) is 48.5 Å². The van der Waals surface area contributed by atoms with Gasteiger partial charge in [-0.25, -0.2) is 9.97 Å². The molecule has 0 aliphatic carbocycles. The average molecular weight is 389 g/mol. The first kappa shape index (κ1) is 20.0. The maximum Gasteiger partial charge on any atom is 0.274 e. The number of amides is 2. The van der Waals surface area contributed by atoms with Crippen LogP contribution in [0.4, 0.5) is 22.9 Å². The Labute approximate surface area is 169 Å². The second kappa shape index (κ2) is 8.52. The summed E-state index contributed by atoms with van der Waals surface area (Å²) < 4.78 is 0. The van der Waals surface area contributed by atoms with Gasteiger partial charge in [-0.3, -0.25) is 9.59 Å². The topological polar surface area (TPSA) is 96.0 Å². The molecule has 0 fully saturated rings. The van der Waals surface area contributed by atoms with Gasteiger partial charge >= 0.3 is 0 Å². The number of carbonyl (C=O) groups is 2. The van der Waals surface area contributed by atoms with Crippen LogP contribution in [0.5, 0.6) is 0 Å². The molecule has 0 aliphatic rings. The molecular formula is C22H23N5O2. The Balaban J connectivity index is 1.82. The van der Waals surface area contributed by atoms with Gasteiger partial charge in [0, 0.05) is 30.1 Å². The summed E-state index contributed by atoms with van der Waals surface area (Å²) in [6.07, 6.45) is 0. The lowest BCUT2D eigenvalue weighted by molar-refractivity contribution is -0.114. The summed E-state index contributed by atoms with van der Waals surface area (Å²) in [5, 5.41) is 8.80. The van der Waals surface area contributed by atoms with Crippen molar-refractivity contribution in [2.45, 2.75) is 27.7 Å². The third kappa shape index (κ3) is 5.16. The predicted molar refractivity (Wildman–Crippen MR) is 115 cm³/mol. The number of nitrogens with one attached hydrogen (secondary N) is 3. The highest BCUT2D eigenvalue weighted by atomic mass is 16.2. The smallest absolute Gasteiger partial charge is 0.274 e. The van der Waals surface area contributed by atoms with Gasteiger partial charge in [0.1, 0.15) is 17.3 Å². The van der Waals surface area contributed by atoms with E-state index in [0.717, 1.165) is 22.5 Å². The Morgan fingerprint density at radius 1 is 0.862 bits per heavy atom. The largest absolute Gasteiger partial charge is 0.340 e. The number of aryl methyl sites for hydroxylation is 2. The standard InChI is InChI=1S/C22H23N5O2/c1-13-7-5-10-19(14(13)2)27-22(29)20-12-21(24-15(3)23-20)26-18-9-6-8-17(11-18)25-16(4)28/h5-12H,1-4H3,(H,25,28)(H,27,29)(H,23,24,26). The number of hydrogen-bond donors (Lipinski definition) is 3. The number of nitrogens with zero attached hydrogens (tertiary/aromatic N) is 2. The van der Waals surface area contributed by atoms with E-state index in [1.807, 2.05) is 44.2 Å². The molecule has 0 bridgehead atoms. The Kier molecular flexibility index (Phi) is 5.87. The van der Waals surface area contributed by atoms with Crippen LogP contribution in [0.2, 0.25) is 0 Å². The molecule has 0 unspecified atom stereocenters. The fraction of sp³-hybridized carbons (Fsp3) is 0.182. The summed E-state index contributed by atoms with van der Waals surface area (Å²) >= 11 is 0. The van der Waals surface area contributed by atoms with E-state index >= 15 is 0 Å². The first-order valence-electron chi connectivity index (χ1n) is 9.20. The van der Waals surface area contributed by atoms with Gasteiger partial charge in [-0.2, -0.15) is 0 Å². The van der Waals surface area contributed by atoms with Crippen molar-refractivity contribution < 1.29 is 9.59 Å². The number of aromatic nitrogens is 2. The van der Waals surface area contributed by atoms with Crippen molar-refractivity contribution in [2.24, 2.45) is 0 Å². The van der Waals surface area contributed by atoms with Gasteiger partial charge in [-0.15, -0.1) is 0 Å². The maximum absolute atomic E-state index is 12.7. The van der Waals surface area contributed by atoms with Crippen LogP contribution in [0.3, 0.4) is 0 Å². The minimum absolute atomic E-state index is 0.148. The molecule has 0 radical (unpaired) electrons. The minimum atomic E-state index is -0.306. The zero-order valence-electron chi connectivity index (χ0n) is 16.8. The van der Waals surface area contributed by atoms with Gasteiger partial charge in [0.25, 0.3) is 5.91 Å². The molecule has 2 amide bonds. The van der Waals surface area contributed by atoms with E-state index in [4.69, 9.17) is 0 Å². The molecule has 7 nitrogen and oxygen atoms in total. The van der Waals surface area contributed by atoms with E-state index in [0.29, 0.717) is 17.3 Å². The number of benzene rings is 2. The van der Waals surface area contributed by atoms with E-state index in [2.05, 4.69) is 25.9 Å². The zero-order chi connectivity index (χ0) is 21.0. The summed E-state index contributed by atoms with van der Waals surface area (Å²) in [5.41, 5.74) is 4.53. The summed E-state index contributed by atoms with van der Waals surface area (Å²) in [4.78, 5) is 32.6. The summed E-state index contributed by atoms with van der Waals surface area (Å²) in [6, 6.07) is 14.6. The first-order chi connectivity index (χ1) is 13.8. The Hall–Kier alpha value is -3.74. The fourth-order valence-corrected chi connectivity index (χ4v) is 2.85. The molecule has 1 heterocycles. The van der Waals surface area contributed by atoms with Crippen LogP contribution in [-0.4, -0.2) is 21.8 Å². The summed E-state index contributed by atoms with van der Waals surface area (Å²) in [7, 11) is 0. The minimum Gasteiger partial charge on any atom is -0.340 e. The molecule has 3 rings (SSSR count). The van der Waals surface area contributed by atoms with E-state index in [9.17, 15) is 9.59 Å². The van der Waals surface area contributed by atoms with Crippen molar-refractivity contribution in [2.75, 3.05) is 16.0 Å². The molecule has 0 saturated heterocycles. The number of rotatable bonds is 5. The normalized spacial score (nSPS) is 10.3. The van der Waals surface area contributed by atoms with Crippen LogP contribution >= 0.6 is 0 Å². The highest BCUT2D eigenvalue weighted by Crippen LogP contribution is 2.21. The average Bonchev–Trinajstić information content (AvgIpc) is 2.64. The van der Waals surface area contributed by atoms with E-state index in [1.165, 1.54) is 6.92 Å². The molecule has 0 aliphatic heterocycles. The van der Waals surface area contributed by atoms with E-state index in [1.54, 1.807) is 25.1 Å². The Morgan fingerprint density at radius 3 is 2.34 bits per heavy atom. The van der Waals surface area contributed by atoms with Crippen molar-refractivity contribution in [3.05, 3.63) is 71.2 Å². The molecule has 0 atom stereocenters. The molecule has 0 saturated carbocycles. The monoisotopic (exact) mass is 389 g/mol. The summed E-state index contributed by atoms with van der Waals surface area (Å²) in [5.74, 6) is 0.507. The lowest BCUT2D eigenvalue weighted by Gasteiger charge is -2.12. The second-order valence-electron chi connectivity index (χ2n) is 6.77. The van der Waals surface area contributed by atoms with Gasteiger partial charge in [-0.05, 0) is 56.2 Å². The molecule has 3 N–H and O–H groups in total. The van der Waals surface area contributed by atoms with Crippen molar-refractivity contribution in [1.29, 1.82) is 0 Å². The first-order valence-corrected chi connectivity index (χ1v) is 9.20. The number of anilines is 4. The highest BCUT2D eigenvalue weighted by molar-refractivity contribution is 6.03. The van der Waals surface area contributed by atoms with Gasteiger partial charge < -0.3 is 16.0 Å². The molecule has 29 heavy (non-hydrogen) atoms. The summed E-state index contributed by atoms with van der Waals surface area (Å²) in [6.45, 7) is 7.14. The third-order valence-electron chi connectivity index (χ3n) is 4.38. The number of carbonyl (C=O) groups excluding carboxylic acids is 2. The molecule has 1 aromatic heterocycles. The lowest BCUT2D eigenvalue weighted by atomic mass is 10.1. The van der Waals surface area contributed by atoms with Crippen LogP contribution in [-0.2, 0) is 4.79 Å². The molecular weight excluding hydrogens is 366 g/mol. The van der Waals surface area contributed by atoms with Gasteiger partial charge in [-0.1, -0.05) is 18.2 Å². The van der Waals surface area contributed by atoms with Gasteiger partial charge in [0.15, 0.2) is 0 Å². The van der Waals surface area contributed by atoms with Crippen LogP contribution in [0.1, 0.15) is 34.4 Å². The van der Waals surface area contributed by atoms with Gasteiger partial charge in [0.05, 0.1) is 0 Å². The predicted octanol–water partition coefficient (Wildman–Crippen LogP) is 4.36. The molecule has 7 heteroatoms. The van der Waals surface area contributed by atoms with E-state index in [-0.39, 0.29) is 17.5 Å². The molecule has 2 aromatic carbocycles. The quantitative estimate of drug-likeness (QED) is 0.603. The van der Waals surface area contributed by atoms with Crippen LogP contribution in [0, 0.1) is 20.8 Å². The van der Waals surface area contributed by atoms with Crippen molar-refractivity contribution >= 4 is 34.7 Å². The second-order valence-corrected chi connectivity index (χ2v) is 6.77. The highest BCUT2D eigenvalue weighted by Gasteiger charge is 2.13. The Bertz CT molecular complexity index is 1080. The van der Waals surface area contributed by atoms with E-state index < -0.39 is 0 Å². The SMILES string of the molecule is CC(=O)Nc1cccc(Nc2cc(C(=O)Nc3cccc(C)c3C)nc(C)n2)c1. The molecule has 0 spiro atoms. The zero-order valence-corrected chi connectivity index (χ0v) is 16.8. The molecule has 148 valence electrons. The lowest BCUT2D eigenvalue weighted by Crippen LogP contribution is -2.16. The van der Waals surface area contributed by atoms with Crippen molar-refractivity contribution in [3.63, 3.8) is 0 Å². The van der Waals surface area contributed by atoms with Crippen molar-refractivity contribution in [3.8, 4) is 0 Å². The Morgan fingerprint density at radius 2 is 1.59 bits per heavy atom. The fourth-order valence-electron chi connectivity index (χ4n) is 2.85. The van der Waals surface area contributed by atoms with Crippen LogP contribution < -0.4 is 16.0 Å².